The number of rotatable bonds is 4. The van der Waals surface area contributed by atoms with Gasteiger partial charge in [-0.3, -0.25) is 0 Å². The van der Waals surface area contributed by atoms with Crippen molar-refractivity contribution in [1.29, 1.82) is 0 Å². The van der Waals surface area contributed by atoms with Gasteiger partial charge in [-0.15, -0.1) is 15.3 Å². The summed E-state index contributed by atoms with van der Waals surface area (Å²) in [5, 5.41) is 15.7. The molecule has 0 amide bonds. The fourth-order valence-electron chi connectivity index (χ4n) is 2.91. The Morgan fingerprint density at radius 1 is 1.21 bits per heavy atom. The number of hydrogen-bond acceptors (Lipinski definition) is 8. The first-order chi connectivity index (χ1) is 11.9. The molecule has 0 unspecified atom stereocenters. The molecule has 0 saturated carbocycles. The Morgan fingerprint density at radius 2 is 2.17 bits per heavy atom. The van der Waals surface area contributed by atoms with Gasteiger partial charge in [0.2, 0.25) is 0 Å². The molecule has 24 heavy (non-hydrogen) atoms. The highest BCUT2D eigenvalue weighted by molar-refractivity contribution is 5.81. The molecule has 0 bridgehead atoms. The topological polar surface area (TPSA) is 113 Å². The second kappa shape index (κ2) is 5.11. The van der Waals surface area contributed by atoms with Crippen LogP contribution < -0.4 is 10.2 Å². The third-order valence-electron chi connectivity index (χ3n) is 4.21. The monoisotopic (exact) mass is 322 g/mol. The normalized spacial score (nSPS) is 15.1. The molecule has 2 N–H and O–H groups in total. The van der Waals surface area contributed by atoms with Crippen LogP contribution in [-0.2, 0) is 0 Å². The maximum Gasteiger partial charge on any atom is 0.182 e. The Bertz CT molecular complexity index is 999. The lowest BCUT2D eigenvalue weighted by Gasteiger charge is -2.40. The van der Waals surface area contributed by atoms with E-state index in [1.807, 2.05) is 12.1 Å². The maximum atomic E-state index is 4.51. The highest BCUT2D eigenvalue weighted by Crippen LogP contribution is 2.23. The molecule has 120 valence electrons. The van der Waals surface area contributed by atoms with Gasteiger partial charge in [0.05, 0.1) is 6.33 Å². The molecule has 10 heteroatoms. The fourth-order valence-corrected chi connectivity index (χ4v) is 2.91. The standard InChI is InChI=1S/C14H14N10/c1-2-11(22-24-8-20-21-10(1)24)23-4-9(5-23)3-15-13-12-14(17-6-16-12)19-7-18-13/h1-2,6-9H,3-5H2,(H2,15,16,17,18,19). The minimum atomic E-state index is 0.538. The summed E-state index contributed by atoms with van der Waals surface area (Å²) in [5.74, 6) is 2.27. The van der Waals surface area contributed by atoms with E-state index in [4.69, 9.17) is 0 Å². The molecule has 4 aromatic heterocycles. The summed E-state index contributed by atoms with van der Waals surface area (Å²) in [6, 6.07) is 3.91. The molecular weight excluding hydrogens is 308 g/mol. The van der Waals surface area contributed by atoms with Crippen molar-refractivity contribution in [1.82, 2.24) is 39.7 Å². The number of imidazole rings is 1. The predicted octanol–water partition coefficient (Wildman–Crippen LogP) is 0.339. The van der Waals surface area contributed by atoms with E-state index in [9.17, 15) is 0 Å². The lowest BCUT2D eigenvalue weighted by molar-refractivity contribution is 0.425. The van der Waals surface area contributed by atoms with Crippen molar-refractivity contribution >= 4 is 28.4 Å². The van der Waals surface area contributed by atoms with Gasteiger partial charge in [0, 0.05) is 25.6 Å². The molecule has 1 saturated heterocycles. The second-order valence-electron chi connectivity index (χ2n) is 5.80. The van der Waals surface area contributed by atoms with Crippen molar-refractivity contribution in [2.45, 2.75) is 0 Å². The quantitative estimate of drug-likeness (QED) is 0.553. The molecule has 0 aliphatic carbocycles. The molecule has 0 aromatic carbocycles. The average Bonchev–Trinajstić information content (AvgIpc) is 3.22. The SMILES string of the molecule is c1nc(NCC2CN(c3ccc4nncn4n3)C2)c2[nH]cnc2n1. The average molecular weight is 322 g/mol. The Kier molecular flexibility index (Phi) is 2.81. The summed E-state index contributed by atoms with van der Waals surface area (Å²) in [4.78, 5) is 17.8. The Balaban J connectivity index is 1.23. The lowest BCUT2D eigenvalue weighted by atomic mass is 10.0. The largest absolute Gasteiger partial charge is 0.368 e. The Labute approximate surface area is 136 Å². The number of H-pyrrole nitrogens is 1. The van der Waals surface area contributed by atoms with Crippen LogP contribution in [0, 0.1) is 5.92 Å². The Hall–Kier alpha value is -3.30. The summed E-state index contributed by atoms with van der Waals surface area (Å²) in [6.45, 7) is 2.74. The van der Waals surface area contributed by atoms with Crippen LogP contribution in [0.3, 0.4) is 0 Å². The van der Waals surface area contributed by atoms with Gasteiger partial charge in [0.1, 0.15) is 24.0 Å². The van der Waals surface area contributed by atoms with E-state index in [1.54, 1.807) is 17.2 Å². The van der Waals surface area contributed by atoms with Gasteiger partial charge >= 0.3 is 0 Å². The smallest absolute Gasteiger partial charge is 0.182 e. The van der Waals surface area contributed by atoms with Crippen LogP contribution in [0.1, 0.15) is 0 Å². The Morgan fingerprint density at radius 3 is 3.12 bits per heavy atom. The van der Waals surface area contributed by atoms with Gasteiger partial charge in [-0.2, -0.15) is 4.52 Å². The van der Waals surface area contributed by atoms with Gasteiger partial charge in [-0.25, -0.2) is 15.0 Å². The second-order valence-corrected chi connectivity index (χ2v) is 5.80. The number of nitrogens with zero attached hydrogens (tertiary/aromatic N) is 8. The molecule has 1 fully saturated rings. The van der Waals surface area contributed by atoms with E-state index < -0.39 is 0 Å². The van der Waals surface area contributed by atoms with Crippen LogP contribution >= 0.6 is 0 Å². The van der Waals surface area contributed by atoms with Gasteiger partial charge in [0.25, 0.3) is 0 Å². The zero-order valence-corrected chi connectivity index (χ0v) is 12.7. The van der Waals surface area contributed by atoms with Crippen LogP contribution in [0.25, 0.3) is 16.8 Å². The number of nitrogens with one attached hydrogen (secondary N) is 2. The van der Waals surface area contributed by atoms with E-state index in [0.29, 0.717) is 11.6 Å². The minimum absolute atomic E-state index is 0.538. The van der Waals surface area contributed by atoms with Gasteiger partial charge < -0.3 is 15.2 Å². The molecule has 5 heterocycles. The third kappa shape index (κ3) is 2.11. The maximum absolute atomic E-state index is 4.51. The number of aromatic amines is 1. The first-order valence-electron chi connectivity index (χ1n) is 7.67. The number of aromatic nitrogens is 8. The van der Waals surface area contributed by atoms with Crippen LogP contribution in [0.15, 0.2) is 31.1 Å². The number of fused-ring (bicyclic) bond motifs is 2. The van der Waals surface area contributed by atoms with Crippen molar-refractivity contribution < 1.29 is 0 Å². The van der Waals surface area contributed by atoms with Gasteiger partial charge in [0.15, 0.2) is 17.1 Å². The van der Waals surface area contributed by atoms with Crippen LogP contribution in [0.2, 0.25) is 0 Å². The van der Waals surface area contributed by atoms with Crippen LogP contribution in [0.4, 0.5) is 11.6 Å². The van der Waals surface area contributed by atoms with Gasteiger partial charge in [-0.05, 0) is 12.1 Å². The first-order valence-corrected chi connectivity index (χ1v) is 7.67. The van der Waals surface area contributed by atoms with Crippen molar-refractivity contribution in [2.24, 2.45) is 5.92 Å². The van der Waals surface area contributed by atoms with Crippen molar-refractivity contribution in [3.63, 3.8) is 0 Å². The van der Waals surface area contributed by atoms with E-state index >= 15 is 0 Å². The minimum Gasteiger partial charge on any atom is -0.368 e. The molecule has 0 atom stereocenters. The summed E-state index contributed by atoms with van der Waals surface area (Å²) >= 11 is 0. The van der Waals surface area contributed by atoms with Crippen molar-refractivity contribution in [3.8, 4) is 0 Å². The molecule has 1 aliphatic heterocycles. The molecule has 1 aliphatic rings. The molecule has 10 nitrogen and oxygen atoms in total. The summed E-state index contributed by atoms with van der Waals surface area (Å²) < 4.78 is 1.69. The van der Waals surface area contributed by atoms with E-state index in [-0.39, 0.29) is 0 Å². The molecule has 4 aromatic rings. The highest BCUT2D eigenvalue weighted by atomic mass is 15.4. The van der Waals surface area contributed by atoms with E-state index in [0.717, 1.165) is 42.4 Å². The van der Waals surface area contributed by atoms with Gasteiger partial charge in [-0.1, -0.05) is 0 Å². The number of hydrogen-bond donors (Lipinski definition) is 2. The molecule has 5 rings (SSSR count). The van der Waals surface area contributed by atoms with E-state index in [1.165, 1.54) is 6.33 Å². The summed E-state index contributed by atoms with van der Waals surface area (Å²) in [5.41, 5.74) is 2.27. The molecule has 0 spiro atoms. The van der Waals surface area contributed by atoms with Crippen molar-refractivity contribution in [3.05, 3.63) is 31.1 Å². The summed E-state index contributed by atoms with van der Waals surface area (Å²) in [6.07, 6.45) is 4.77. The lowest BCUT2D eigenvalue weighted by Crippen LogP contribution is -2.50. The fraction of sp³-hybridized carbons (Fsp3) is 0.286. The zero-order chi connectivity index (χ0) is 15.9. The predicted molar refractivity (Wildman–Crippen MR) is 86.7 cm³/mol. The highest BCUT2D eigenvalue weighted by Gasteiger charge is 2.28. The summed E-state index contributed by atoms with van der Waals surface area (Å²) in [7, 11) is 0. The third-order valence-corrected chi connectivity index (χ3v) is 4.21. The van der Waals surface area contributed by atoms with E-state index in [2.05, 4.69) is 45.4 Å². The van der Waals surface area contributed by atoms with Crippen LogP contribution in [-0.4, -0.2) is 59.4 Å². The van der Waals surface area contributed by atoms with Crippen molar-refractivity contribution in [2.75, 3.05) is 29.9 Å². The molecular formula is C14H14N10. The molecule has 0 radical (unpaired) electrons. The van der Waals surface area contributed by atoms with Crippen LogP contribution in [0.5, 0.6) is 0 Å². The number of anilines is 2. The zero-order valence-electron chi connectivity index (χ0n) is 12.7. The first kappa shape index (κ1) is 13.2.